The third kappa shape index (κ3) is 6.95. The van der Waals surface area contributed by atoms with Crippen molar-refractivity contribution in [2.75, 3.05) is 25.0 Å². The van der Waals surface area contributed by atoms with Crippen LogP contribution in [-0.4, -0.2) is 41.5 Å². The Kier molecular flexibility index (Phi) is 8.18. The summed E-state index contributed by atoms with van der Waals surface area (Å²) in [5.74, 6) is 0. The maximum atomic E-state index is 13.3. The molecule has 0 radical (unpaired) electrons. The molecule has 5 heteroatoms. The van der Waals surface area contributed by atoms with Crippen LogP contribution in [0.1, 0.15) is 24.0 Å². The molecule has 0 aliphatic carbocycles. The van der Waals surface area contributed by atoms with Gasteiger partial charge in [-0.2, -0.15) is 0 Å². The Labute approximate surface area is 201 Å². The van der Waals surface area contributed by atoms with Gasteiger partial charge in [-0.15, -0.1) is 0 Å². The van der Waals surface area contributed by atoms with E-state index in [0.717, 1.165) is 38.0 Å². The van der Waals surface area contributed by atoms with Gasteiger partial charge in [0.2, 0.25) is 0 Å². The lowest BCUT2D eigenvalue weighted by Crippen LogP contribution is -2.48. The van der Waals surface area contributed by atoms with Crippen LogP contribution in [0, 0.1) is 0 Å². The molecule has 170 valence electrons. The van der Waals surface area contributed by atoms with Crippen molar-refractivity contribution in [2.45, 2.75) is 25.4 Å². The van der Waals surface area contributed by atoms with Crippen LogP contribution in [-0.2, 0) is 6.54 Å². The number of nitrogens with one attached hydrogen (secondary N) is 1. The molecule has 1 aliphatic rings. The fourth-order valence-electron chi connectivity index (χ4n) is 4.26. The Morgan fingerprint density at radius 1 is 0.970 bits per heavy atom. The number of likely N-dealkylation sites (tertiary alicyclic amines) is 1. The van der Waals surface area contributed by atoms with Crippen molar-refractivity contribution in [3.8, 4) is 0 Å². The van der Waals surface area contributed by atoms with Gasteiger partial charge in [0.1, 0.15) is 0 Å². The molecule has 4 nitrogen and oxygen atoms in total. The minimum Gasteiger partial charge on any atom is -0.318 e. The van der Waals surface area contributed by atoms with E-state index in [9.17, 15) is 4.79 Å². The van der Waals surface area contributed by atoms with Crippen LogP contribution in [0.4, 0.5) is 10.5 Å². The third-order valence-corrected chi connectivity index (χ3v) is 6.23. The summed E-state index contributed by atoms with van der Waals surface area (Å²) in [5, 5.41) is 3.64. The van der Waals surface area contributed by atoms with Crippen LogP contribution in [0.25, 0.3) is 6.08 Å². The number of hydrogen-bond donors (Lipinski definition) is 1. The van der Waals surface area contributed by atoms with Gasteiger partial charge in [-0.3, -0.25) is 4.90 Å². The number of amides is 2. The van der Waals surface area contributed by atoms with E-state index in [1.54, 1.807) is 12.1 Å². The fourth-order valence-corrected chi connectivity index (χ4v) is 4.45. The quantitative estimate of drug-likeness (QED) is 0.434. The van der Waals surface area contributed by atoms with Gasteiger partial charge in [-0.25, -0.2) is 4.79 Å². The molecule has 0 saturated carbocycles. The first-order valence-electron chi connectivity index (χ1n) is 11.5. The Morgan fingerprint density at radius 3 is 2.36 bits per heavy atom. The number of hydrogen-bond acceptors (Lipinski definition) is 2. The zero-order valence-electron chi connectivity index (χ0n) is 18.7. The standard InChI is InChI=1S/C28H30ClN3O/c29-25-14-7-15-26(21-25)30-28(33)32(18-8-13-23-9-3-1-4-10-23)27-16-19-31(20-17-27)22-24-11-5-2-6-12-24/h1-15,21,27H,16-20,22H2,(H,30,33). The number of piperidine rings is 1. The normalized spacial score (nSPS) is 14.9. The Bertz CT molecular complexity index is 1050. The third-order valence-electron chi connectivity index (χ3n) is 6.00. The molecular weight excluding hydrogens is 430 g/mol. The van der Waals surface area contributed by atoms with Crippen LogP contribution in [0.5, 0.6) is 0 Å². The summed E-state index contributed by atoms with van der Waals surface area (Å²) in [4.78, 5) is 17.7. The topological polar surface area (TPSA) is 35.6 Å². The molecule has 1 heterocycles. The average molecular weight is 460 g/mol. The highest BCUT2D eigenvalue weighted by Crippen LogP contribution is 2.21. The molecule has 3 aromatic rings. The van der Waals surface area contributed by atoms with Crippen molar-refractivity contribution < 1.29 is 4.79 Å². The van der Waals surface area contributed by atoms with Crippen molar-refractivity contribution in [1.29, 1.82) is 0 Å². The van der Waals surface area contributed by atoms with E-state index in [0.29, 0.717) is 17.3 Å². The maximum Gasteiger partial charge on any atom is 0.322 e. The number of carbonyl (C=O) groups is 1. The molecule has 1 fully saturated rings. The van der Waals surface area contributed by atoms with Crippen molar-refractivity contribution in [3.05, 3.63) is 107 Å². The van der Waals surface area contributed by atoms with Gasteiger partial charge in [0.05, 0.1) is 0 Å². The summed E-state index contributed by atoms with van der Waals surface area (Å²) in [6.45, 7) is 3.46. The van der Waals surface area contributed by atoms with E-state index in [-0.39, 0.29) is 12.1 Å². The number of carbonyl (C=O) groups excluding carboxylic acids is 1. The number of benzene rings is 3. The Morgan fingerprint density at radius 2 is 1.67 bits per heavy atom. The molecule has 1 N–H and O–H groups in total. The second-order valence-electron chi connectivity index (χ2n) is 8.40. The molecule has 0 atom stereocenters. The van der Waals surface area contributed by atoms with Crippen LogP contribution < -0.4 is 5.32 Å². The molecule has 3 aromatic carbocycles. The largest absolute Gasteiger partial charge is 0.322 e. The van der Waals surface area contributed by atoms with Gasteiger partial charge in [0.15, 0.2) is 0 Å². The summed E-state index contributed by atoms with van der Waals surface area (Å²) < 4.78 is 0. The molecular formula is C28H30ClN3O. The molecule has 2 amide bonds. The minimum absolute atomic E-state index is 0.0866. The van der Waals surface area contributed by atoms with Gasteiger partial charge >= 0.3 is 6.03 Å². The first-order chi connectivity index (χ1) is 16.2. The molecule has 0 aromatic heterocycles. The van der Waals surface area contributed by atoms with E-state index in [1.165, 1.54) is 5.56 Å². The number of nitrogens with zero attached hydrogens (tertiary/aromatic N) is 2. The molecule has 0 bridgehead atoms. The van der Waals surface area contributed by atoms with Crippen molar-refractivity contribution in [2.24, 2.45) is 0 Å². The lowest BCUT2D eigenvalue weighted by molar-refractivity contribution is 0.130. The molecule has 0 unspecified atom stereocenters. The number of urea groups is 1. The molecule has 1 aliphatic heterocycles. The zero-order chi connectivity index (χ0) is 22.9. The SMILES string of the molecule is O=C(Nc1cccc(Cl)c1)N(CC=Cc1ccccc1)C1CCN(Cc2ccccc2)CC1. The molecule has 1 saturated heterocycles. The predicted molar refractivity (Wildman–Crippen MR) is 137 cm³/mol. The molecule has 33 heavy (non-hydrogen) atoms. The Balaban J connectivity index is 1.41. The van der Waals surface area contributed by atoms with Crippen molar-refractivity contribution >= 4 is 29.4 Å². The smallest absolute Gasteiger partial charge is 0.318 e. The van der Waals surface area contributed by atoms with Gasteiger partial charge in [0.25, 0.3) is 0 Å². The van der Waals surface area contributed by atoms with E-state index < -0.39 is 0 Å². The summed E-state index contributed by atoms with van der Waals surface area (Å²) in [5.41, 5.74) is 3.17. The van der Waals surface area contributed by atoms with Gasteiger partial charge in [-0.05, 0) is 42.2 Å². The lowest BCUT2D eigenvalue weighted by Gasteiger charge is -2.38. The predicted octanol–water partition coefficient (Wildman–Crippen LogP) is 6.55. The van der Waals surface area contributed by atoms with Gasteiger partial charge in [0, 0.05) is 42.9 Å². The fraction of sp³-hybridized carbons (Fsp3) is 0.250. The average Bonchev–Trinajstić information content (AvgIpc) is 2.84. The van der Waals surface area contributed by atoms with Crippen LogP contribution >= 0.6 is 11.6 Å². The molecule has 0 spiro atoms. The van der Waals surface area contributed by atoms with Crippen LogP contribution in [0.2, 0.25) is 5.02 Å². The number of anilines is 1. The van der Waals surface area contributed by atoms with Gasteiger partial charge in [-0.1, -0.05) is 90.5 Å². The maximum absolute atomic E-state index is 13.3. The van der Waals surface area contributed by atoms with Crippen molar-refractivity contribution in [1.82, 2.24) is 9.80 Å². The number of halogens is 1. The summed E-state index contributed by atoms with van der Waals surface area (Å²) >= 11 is 6.11. The van der Waals surface area contributed by atoms with Crippen LogP contribution in [0.15, 0.2) is 91.0 Å². The number of rotatable bonds is 7. The summed E-state index contributed by atoms with van der Waals surface area (Å²) in [6.07, 6.45) is 6.05. The van der Waals surface area contributed by atoms with Gasteiger partial charge < -0.3 is 10.2 Å². The Hall–Kier alpha value is -3.08. The first kappa shape index (κ1) is 23.1. The van der Waals surface area contributed by atoms with Crippen LogP contribution in [0.3, 0.4) is 0 Å². The second kappa shape index (κ2) is 11.7. The second-order valence-corrected chi connectivity index (χ2v) is 8.84. The first-order valence-corrected chi connectivity index (χ1v) is 11.9. The summed E-state index contributed by atoms with van der Waals surface area (Å²) in [7, 11) is 0. The minimum atomic E-state index is -0.0866. The van der Waals surface area contributed by atoms with E-state index in [4.69, 9.17) is 11.6 Å². The summed E-state index contributed by atoms with van der Waals surface area (Å²) in [6, 6.07) is 28.1. The van der Waals surface area contributed by atoms with Crippen molar-refractivity contribution in [3.63, 3.8) is 0 Å². The highest BCUT2D eigenvalue weighted by molar-refractivity contribution is 6.30. The zero-order valence-corrected chi connectivity index (χ0v) is 19.5. The monoisotopic (exact) mass is 459 g/mol. The van der Waals surface area contributed by atoms with E-state index in [2.05, 4.69) is 64.8 Å². The highest BCUT2D eigenvalue weighted by atomic mass is 35.5. The van der Waals surface area contributed by atoms with E-state index >= 15 is 0 Å². The lowest BCUT2D eigenvalue weighted by atomic mass is 10.0. The molecule has 4 rings (SSSR count). The highest BCUT2D eigenvalue weighted by Gasteiger charge is 2.27. The van der Waals surface area contributed by atoms with E-state index in [1.807, 2.05) is 35.2 Å².